The third-order valence-electron chi connectivity index (χ3n) is 2.32. The van der Waals surface area contributed by atoms with Crippen LogP contribution in [0.4, 0.5) is 0 Å². The summed E-state index contributed by atoms with van der Waals surface area (Å²) in [6.07, 6.45) is 0.0616. The maximum Gasteiger partial charge on any atom is 0.226 e. The predicted octanol–water partition coefficient (Wildman–Crippen LogP) is -1.17. The van der Waals surface area contributed by atoms with Crippen LogP contribution in [0.25, 0.3) is 0 Å². The van der Waals surface area contributed by atoms with Crippen molar-refractivity contribution in [3.8, 4) is 0 Å². The van der Waals surface area contributed by atoms with E-state index in [-0.39, 0.29) is 6.42 Å². The van der Waals surface area contributed by atoms with E-state index in [0.717, 1.165) is 5.01 Å². The Labute approximate surface area is 103 Å². The molecule has 4 N–H and O–H groups in total. The number of thiazole rings is 1. The summed E-state index contributed by atoms with van der Waals surface area (Å²) in [5.74, 6) is -0.396. The minimum absolute atomic E-state index is 0.0616. The molecule has 0 fully saturated rings. The molecule has 96 valence electrons. The average molecular weight is 260 g/mol. The van der Waals surface area contributed by atoms with Gasteiger partial charge in [0.15, 0.2) is 0 Å². The Morgan fingerprint density at radius 1 is 1.41 bits per heavy atom. The topological polar surface area (TPSA) is 103 Å². The van der Waals surface area contributed by atoms with E-state index < -0.39 is 31.3 Å². The molecule has 1 rings (SSSR count). The molecule has 1 amide bonds. The molecule has 0 saturated heterocycles. The number of carbonyl (C=O) groups is 1. The number of aliphatic hydroxyl groups is 3. The van der Waals surface area contributed by atoms with E-state index in [1.807, 2.05) is 6.92 Å². The molecule has 0 aliphatic heterocycles. The molecular weight excluding hydrogens is 244 g/mol. The van der Waals surface area contributed by atoms with Gasteiger partial charge in [-0.25, -0.2) is 4.98 Å². The zero-order valence-corrected chi connectivity index (χ0v) is 10.3. The SMILES string of the molecule is Cc1nc(CC(=O)NC(CO)(CO)CO)cs1. The number of hydrogen-bond acceptors (Lipinski definition) is 6. The monoisotopic (exact) mass is 260 g/mol. The fourth-order valence-corrected chi connectivity index (χ4v) is 1.88. The normalized spacial score (nSPS) is 11.5. The Bertz CT molecular complexity index is 368. The van der Waals surface area contributed by atoms with Crippen molar-refractivity contribution >= 4 is 17.2 Å². The molecule has 0 aromatic carbocycles. The third-order valence-corrected chi connectivity index (χ3v) is 3.14. The van der Waals surface area contributed by atoms with Gasteiger partial charge < -0.3 is 20.6 Å². The molecule has 1 aromatic heterocycles. The van der Waals surface area contributed by atoms with Crippen molar-refractivity contribution in [2.24, 2.45) is 0 Å². The molecule has 0 spiro atoms. The largest absolute Gasteiger partial charge is 0.394 e. The van der Waals surface area contributed by atoms with Gasteiger partial charge in [-0.1, -0.05) is 0 Å². The summed E-state index contributed by atoms with van der Waals surface area (Å²) in [4.78, 5) is 15.8. The van der Waals surface area contributed by atoms with E-state index in [0.29, 0.717) is 5.69 Å². The zero-order chi connectivity index (χ0) is 12.9. The Balaban J connectivity index is 2.59. The van der Waals surface area contributed by atoms with Crippen LogP contribution in [0.2, 0.25) is 0 Å². The fraction of sp³-hybridized carbons (Fsp3) is 0.600. The van der Waals surface area contributed by atoms with Crippen molar-refractivity contribution in [3.05, 3.63) is 16.1 Å². The van der Waals surface area contributed by atoms with Crippen molar-refractivity contribution in [1.82, 2.24) is 10.3 Å². The summed E-state index contributed by atoms with van der Waals surface area (Å²) in [5, 5.41) is 32.2. The molecular formula is C10H16N2O4S. The number of aryl methyl sites for hydroxylation is 1. The first-order valence-corrected chi connectivity index (χ1v) is 5.98. The van der Waals surface area contributed by atoms with Gasteiger partial charge in [0, 0.05) is 5.38 Å². The van der Waals surface area contributed by atoms with E-state index in [9.17, 15) is 4.79 Å². The summed E-state index contributed by atoms with van der Waals surface area (Å²) in [7, 11) is 0. The highest BCUT2D eigenvalue weighted by atomic mass is 32.1. The van der Waals surface area contributed by atoms with Crippen molar-refractivity contribution in [2.75, 3.05) is 19.8 Å². The summed E-state index contributed by atoms with van der Waals surface area (Å²) >= 11 is 1.44. The van der Waals surface area contributed by atoms with Gasteiger partial charge in [0.05, 0.1) is 36.9 Å². The zero-order valence-electron chi connectivity index (χ0n) is 9.51. The number of rotatable bonds is 6. The van der Waals surface area contributed by atoms with E-state index in [4.69, 9.17) is 15.3 Å². The van der Waals surface area contributed by atoms with Crippen LogP contribution in [0.1, 0.15) is 10.7 Å². The minimum Gasteiger partial charge on any atom is -0.394 e. The molecule has 0 aliphatic rings. The first-order valence-electron chi connectivity index (χ1n) is 5.10. The maximum absolute atomic E-state index is 11.6. The second-order valence-corrected chi connectivity index (χ2v) is 4.90. The Morgan fingerprint density at radius 2 is 2.00 bits per heavy atom. The molecule has 6 nitrogen and oxygen atoms in total. The number of nitrogens with one attached hydrogen (secondary N) is 1. The molecule has 7 heteroatoms. The highest BCUT2D eigenvalue weighted by molar-refractivity contribution is 7.09. The van der Waals surface area contributed by atoms with Crippen LogP contribution in [-0.2, 0) is 11.2 Å². The standard InChI is InChI=1S/C10H16N2O4S/c1-7-11-8(3-17-7)2-9(16)12-10(4-13,5-14)6-15/h3,13-15H,2,4-6H2,1H3,(H,12,16). The molecule has 0 saturated carbocycles. The van der Waals surface area contributed by atoms with Gasteiger partial charge in [-0.05, 0) is 6.92 Å². The van der Waals surface area contributed by atoms with Crippen molar-refractivity contribution in [2.45, 2.75) is 18.9 Å². The minimum atomic E-state index is -1.37. The number of aromatic nitrogens is 1. The summed E-state index contributed by atoms with van der Waals surface area (Å²) in [6.45, 7) is 0.261. The number of carbonyl (C=O) groups excluding carboxylic acids is 1. The van der Waals surface area contributed by atoms with Gasteiger partial charge in [0.1, 0.15) is 5.54 Å². The third kappa shape index (κ3) is 3.74. The van der Waals surface area contributed by atoms with E-state index in [1.165, 1.54) is 11.3 Å². The average Bonchev–Trinajstić information content (AvgIpc) is 2.72. The Kier molecular flexibility index (Phi) is 5.01. The summed E-state index contributed by atoms with van der Waals surface area (Å²) in [6, 6.07) is 0. The molecule has 0 bridgehead atoms. The first-order chi connectivity index (χ1) is 8.05. The highest BCUT2D eigenvalue weighted by Gasteiger charge is 2.29. The fourth-order valence-electron chi connectivity index (χ4n) is 1.26. The summed E-state index contributed by atoms with van der Waals surface area (Å²) in [5.41, 5.74) is -0.741. The number of amides is 1. The molecule has 0 unspecified atom stereocenters. The van der Waals surface area contributed by atoms with Crippen molar-refractivity contribution < 1.29 is 20.1 Å². The van der Waals surface area contributed by atoms with E-state index >= 15 is 0 Å². The number of nitrogens with zero attached hydrogens (tertiary/aromatic N) is 1. The van der Waals surface area contributed by atoms with Gasteiger partial charge in [0.25, 0.3) is 0 Å². The number of hydrogen-bond donors (Lipinski definition) is 4. The molecule has 0 atom stereocenters. The first kappa shape index (κ1) is 14.0. The molecule has 1 aromatic rings. The van der Waals surface area contributed by atoms with Crippen LogP contribution in [0.15, 0.2) is 5.38 Å². The molecule has 0 radical (unpaired) electrons. The highest BCUT2D eigenvalue weighted by Crippen LogP contribution is 2.09. The second-order valence-electron chi connectivity index (χ2n) is 3.84. The van der Waals surface area contributed by atoms with Gasteiger partial charge in [0.2, 0.25) is 5.91 Å². The van der Waals surface area contributed by atoms with Gasteiger partial charge in [-0.2, -0.15) is 0 Å². The molecule has 0 aliphatic carbocycles. The summed E-state index contributed by atoms with van der Waals surface area (Å²) < 4.78 is 0. The van der Waals surface area contributed by atoms with Crippen molar-refractivity contribution in [3.63, 3.8) is 0 Å². The maximum atomic E-state index is 11.6. The second kappa shape index (κ2) is 6.06. The lowest BCUT2D eigenvalue weighted by Gasteiger charge is -2.28. The lowest BCUT2D eigenvalue weighted by molar-refractivity contribution is -0.124. The van der Waals surface area contributed by atoms with E-state index in [1.54, 1.807) is 5.38 Å². The Hall–Kier alpha value is -1.02. The van der Waals surface area contributed by atoms with Crippen LogP contribution in [0.5, 0.6) is 0 Å². The van der Waals surface area contributed by atoms with Gasteiger partial charge in [-0.3, -0.25) is 4.79 Å². The predicted molar refractivity (Wildman–Crippen MR) is 62.7 cm³/mol. The number of aliphatic hydroxyl groups excluding tert-OH is 3. The van der Waals surface area contributed by atoms with Crippen LogP contribution in [-0.4, -0.2) is 51.6 Å². The van der Waals surface area contributed by atoms with Gasteiger partial charge in [-0.15, -0.1) is 11.3 Å². The quantitative estimate of drug-likeness (QED) is 0.516. The lowest BCUT2D eigenvalue weighted by Crippen LogP contribution is -2.57. The van der Waals surface area contributed by atoms with Crippen LogP contribution in [0.3, 0.4) is 0 Å². The van der Waals surface area contributed by atoms with Crippen LogP contribution in [0, 0.1) is 6.92 Å². The van der Waals surface area contributed by atoms with E-state index in [2.05, 4.69) is 10.3 Å². The smallest absolute Gasteiger partial charge is 0.226 e. The van der Waals surface area contributed by atoms with Crippen LogP contribution < -0.4 is 5.32 Å². The Morgan fingerprint density at radius 3 is 2.41 bits per heavy atom. The molecule has 17 heavy (non-hydrogen) atoms. The molecule has 1 heterocycles. The van der Waals surface area contributed by atoms with Crippen molar-refractivity contribution in [1.29, 1.82) is 0 Å². The van der Waals surface area contributed by atoms with Crippen LogP contribution >= 0.6 is 11.3 Å². The van der Waals surface area contributed by atoms with Gasteiger partial charge >= 0.3 is 0 Å². The lowest BCUT2D eigenvalue weighted by atomic mass is 10.0.